The topological polar surface area (TPSA) is 61.6 Å². The quantitative estimate of drug-likeness (QED) is 0.849. The van der Waals surface area contributed by atoms with Crippen molar-refractivity contribution in [2.24, 2.45) is 5.73 Å². The monoisotopic (exact) mass is 338 g/mol. The summed E-state index contributed by atoms with van der Waals surface area (Å²) in [7, 11) is 0. The van der Waals surface area contributed by atoms with Crippen LogP contribution in [0.5, 0.6) is 0 Å². The molecule has 0 atom stereocenters. The molecule has 2 aromatic rings. The van der Waals surface area contributed by atoms with Crippen LogP contribution in [0.1, 0.15) is 15.9 Å². The van der Waals surface area contributed by atoms with Crippen molar-refractivity contribution in [3.8, 4) is 0 Å². The first kappa shape index (κ1) is 17.3. The molecule has 1 amide bonds. The fourth-order valence-electron chi connectivity index (χ4n) is 3.33. The van der Waals surface area contributed by atoms with Crippen molar-refractivity contribution in [3.05, 3.63) is 59.7 Å². The van der Waals surface area contributed by atoms with Crippen LogP contribution in [-0.4, -0.2) is 50.1 Å². The molecular weight excluding hydrogens is 312 g/mol. The number of piperazine rings is 1. The number of nitrogens with zero attached hydrogens (tertiary/aromatic N) is 2. The Hall–Kier alpha value is -2.53. The van der Waals surface area contributed by atoms with Crippen LogP contribution in [0.15, 0.2) is 48.5 Å². The van der Waals surface area contributed by atoms with Gasteiger partial charge in [0, 0.05) is 50.6 Å². The molecule has 0 bridgehead atoms. The minimum Gasteiger partial charge on any atom is -0.383 e. The van der Waals surface area contributed by atoms with Gasteiger partial charge in [0.1, 0.15) is 0 Å². The number of aryl methyl sites for hydroxylation is 1. The van der Waals surface area contributed by atoms with E-state index in [1.54, 1.807) is 6.07 Å². The Morgan fingerprint density at radius 1 is 1.04 bits per heavy atom. The molecule has 0 saturated carbocycles. The van der Waals surface area contributed by atoms with E-state index in [0.717, 1.165) is 45.0 Å². The number of rotatable bonds is 6. The first-order valence-electron chi connectivity index (χ1n) is 8.81. The van der Waals surface area contributed by atoms with Gasteiger partial charge in [-0.2, -0.15) is 0 Å². The van der Waals surface area contributed by atoms with Crippen molar-refractivity contribution >= 4 is 17.3 Å². The van der Waals surface area contributed by atoms with E-state index in [0.29, 0.717) is 5.56 Å². The molecule has 0 radical (unpaired) electrons. The number of primary amides is 1. The fraction of sp³-hybridized carbons (Fsp3) is 0.350. The Labute approximate surface area is 149 Å². The zero-order chi connectivity index (χ0) is 17.6. The molecule has 5 nitrogen and oxygen atoms in total. The lowest BCUT2D eigenvalue weighted by atomic mass is 10.1. The zero-order valence-corrected chi connectivity index (χ0v) is 14.7. The first-order chi connectivity index (χ1) is 12.1. The molecule has 1 heterocycles. The molecule has 1 fully saturated rings. The molecule has 0 unspecified atom stereocenters. The third kappa shape index (κ3) is 4.31. The Morgan fingerprint density at radius 2 is 1.72 bits per heavy atom. The summed E-state index contributed by atoms with van der Waals surface area (Å²) in [4.78, 5) is 16.4. The summed E-state index contributed by atoms with van der Waals surface area (Å²) in [5.41, 5.74) is 9.46. The normalized spacial score (nSPS) is 15.2. The zero-order valence-electron chi connectivity index (χ0n) is 14.7. The Kier molecular flexibility index (Phi) is 5.56. The smallest absolute Gasteiger partial charge is 0.250 e. The highest BCUT2D eigenvalue weighted by atomic mass is 16.1. The van der Waals surface area contributed by atoms with Crippen LogP contribution < -0.4 is 16.0 Å². The number of hydrogen-bond donors (Lipinski definition) is 2. The minimum atomic E-state index is -0.394. The lowest BCUT2D eigenvalue weighted by molar-refractivity contribution is 0.100. The van der Waals surface area contributed by atoms with E-state index in [2.05, 4.69) is 46.3 Å². The molecular formula is C20H26N4O. The fourth-order valence-corrected chi connectivity index (χ4v) is 3.33. The first-order valence-corrected chi connectivity index (χ1v) is 8.81. The lowest BCUT2D eigenvalue weighted by Gasteiger charge is -2.36. The van der Waals surface area contributed by atoms with Crippen molar-refractivity contribution < 1.29 is 4.79 Å². The lowest BCUT2D eigenvalue weighted by Crippen LogP contribution is -2.47. The molecule has 0 aromatic heterocycles. The van der Waals surface area contributed by atoms with Gasteiger partial charge in [-0.25, -0.2) is 0 Å². The van der Waals surface area contributed by atoms with E-state index in [9.17, 15) is 4.79 Å². The predicted octanol–water partition coefficient (Wildman–Crippen LogP) is 2.33. The van der Waals surface area contributed by atoms with Gasteiger partial charge < -0.3 is 16.0 Å². The molecule has 5 heteroatoms. The van der Waals surface area contributed by atoms with Crippen LogP contribution in [0.25, 0.3) is 0 Å². The van der Waals surface area contributed by atoms with Gasteiger partial charge in [0.25, 0.3) is 5.91 Å². The van der Waals surface area contributed by atoms with Gasteiger partial charge in [0.2, 0.25) is 0 Å². The Morgan fingerprint density at radius 3 is 2.44 bits per heavy atom. The van der Waals surface area contributed by atoms with Crippen LogP contribution in [0.2, 0.25) is 0 Å². The van der Waals surface area contributed by atoms with Crippen LogP contribution >= 0.6 is 0 Å². The highest BCUT2D eigenvalue weighted by Gasteiger charge is 2.17. The standard InChI is InChI=1S/C20H26N4O/c1-16-6-2-5-9-19(16)24-14-12-23(13-15-24)11-10-22-18-8-4-3-7-17(18)20(21)25/h2-9,22H,10-15H2,1H3,(H2,21,25). The number of carbonyl (C=O) groups is 1. The maximum atomic E-state index is 11.5. The van der Waals surface area contributed by atoms with Gasteiger partial charge in [-0.15, -0.1) is 0 Å². The van der Waals surface area contributed by atoms with E-state index >= 15 is 0 Å². The molecule has 0 aliphatic carbocycles. The van der Waals surface area contributed by atoms with E-state index in [1.807, 2.05) is 18.2 Å². The van der Waals surface area contributed by atoms with Gasteiger partial charge in [0.05, 0.1) is 5.56 Å². The van der Waals surface area contributed by atoms with Gasteiger partial charge in [0.15, 0.2) is 0 Å². The van der Waals surface area contributed by atoms with Crippen molar-refractivity contribution in [1.82, 2.24) is 4.90 Å². The van der Waals surface area contributed by atoms with Crippen LogP contribution in [-0.2, 0) is 0 Å². The number of anilines is 2. The van der Waals surface area contributed by atoms with Crippen LogP contribution in [0, 0.1) is 6.92 Å². The molecule has 25 heavy (non-hydrogen) atoms. The summed E-state index contributed by atoms with van der Waals surface area (Å²) in [5, 5.41) is 3.34. The number of carbonyl (C=O) groups excluding carboxylic acids is 1. The summed E-state index contributed by atoms with van der Waals surface area (Å²) in [6.07, 6.45) is 0. The average Bonchev–Trinajstić information content (AvgIpc) is 2.63. The highest BCUT2D eigenvalue weighted by Crippen LogP contribution is 2.20. The number of benzene rings is 2. The van der Waals surface area contributed by atoms with Gasteiger partial charge in [-0.1, -0.05) is 30.3 Å². The SMILES string of the molecule is Cc1ccccc1N1CCN(CCNc2ccccc2C(N)=O)CC1. The van der Waals surface area contributed by atoms with E-state index in [1.165, 1.54) is 11.3 Å². The molecule has 1 aliphatic rings. The van der Waals surface area contributed by atoms with Crippen molar-refractivity contribution in [2.75, 3.05) is 49.5 Å². The van der Waals surface area contributed by atoms with Gasteiger partial charge in [-0.3, -0.25) is 9.69 Å². The van der Waals surface area contributed by atoms with Gasteiger partial charge >= 0.3 is 0 Å². The number of nitrogens with one attached hydrogen (secondary N) is 1. The second-order valence-corrected chi connectivity index (χ2v) is 6.45. The second kappa shape index (κ2) is 8.03. The van der Waals surface area contributed by atoms with Crippen molar-refractivity contribution in [2.45, 2.75) is 6.92 Å². The Balaban J connectivity index is 1.47. The summed E-state index contributed by atoms with van der Waals surface area (Å²) in [6, 6.07) is 16.0. The Bertz CT molecular complexity index is 723. The van der Waals surface area contributed by atoms with E-state index in [-0.39, 0.29) is 0 Å². The minimum absolute atomic E-state index is 0.394. The predicted molar refractivity (Wildman–Crippen MR) is 103 cm³/mol. The second-order valence-electron chi connectivity index (χ2n) is 6.45. The molecule has 1 aliphatic heterocycles. The number of para-hydroxylation sites is 2. The van der Waals surface area contributed by atoms with Gasteiger partial charge in [-0.05, 0) is 30.7 Å². The number of amides is 1. The molecule has 0 spiro atoms. The third-order valence-electron chi connectivity index (χ3n) is 4.76. The van der Waals surface area contributed by atoms with Crippen molar-refractivity contribution in [1.29, 1.82) is 0 Å². The third-order valence-corrected chi connectivity index (χ3v) is 4.76. The number of nitrogens with two attached hydrogens (primary N) is 1. The molecule has 132 valence electrons. The summed E-state index contributed by atoms with van der Waals surface area (Å²) in [5.74, 6) is -0.394. The van der Waals surface area contributed by atoms with E-state index in [4.69, 9.17) is 5.73 Å². The molecule has 3 rings (SSSR count). The maximum Gasteiger partial charge on any atom is 0.250 e. The average molecular weight is 338 g/mol. The summed E-state index contributed by atoms with van der Waals surface area (Å²) >= 11 is 0. The summed E-state index contributed by atoms with van der Waals surface area (Å²) in [6.45, 7) is 8.11. The maximum absolute atomic E-state index is 11.5. The summed E-state index contributed by atoms with van der Waals surface area (Å²) < 4.78 is 0. The van der Waals surface area contributed by atoms with Crippen LogP contribution in [0.4, 0.5) is 11.4 Å². The van der Waals surface area contributed by atoms with Crippen molar-refractivity contribution in [3.63, 3.8) is 0 Å². The number of hydrogen-bond acceptors (Lipinski definition) is 4. The molecule has 2 aromatic carbocycles. The molecule has 1 saturated heterocycles. The van der Waals surface area contributed by atoms with E-state index < -0.39 is 5.91 Å². The highest BCUT2D eigenvalue weighted by molar-refractivity contribution is 5.98. The molecule has 3 N–H and O–H groups in total. The van der Waals surface area contributed by atoms with Crippen LogP contribution in [0.3, 0.4) is 0 Å². The largest absolute Gasteiger partial charge is 0.383 e.